The number of hydrogen-bond donors (Lipinski definition) is 0. The van der Waals surface area contributed by atoms with Crippen LogP contribution < -0.4 is 4.90 Å². The van der Waals surface area contributed by atoms with E-state index in [1.165, 1.54) is 18.7 Å². The van der Waals surface area contributed by atoms with Gasteiger partial charge in [-0.2, -0.15) is 0 Å². The van der Waals surface area contributed by atoms with Gasteiger partial charge in [0.05, 0.1) is 10.2 Å². The summed E-state index contributed by atoms with van der Waals surface area (Å²) in [7, 11) is 2.19. The highest BCUT2D eigenvalue weighted by Crippen LogP contribution is 2.25. The second kappa shape index (κ2) is 4.94. The van der Waals surface area contributed by atoms with Crippen molar-refractivity contribution < 1.29 is 0 Å². The lowest BCUT2D eigenvalue weighted by Crippen LogP contribution is -2.28. The lowest BCUT2D eigenvalue weighted by Gasteiger charge is -2.23. The summed E-state index contributed by atoms with van der Waals surface area (Å²) in [6.07, 6.45) is 4.95. The number of nitrogens with zero attached hydrogens (tertiary/aromatic N) is 3. The topological polar surface area (TPSA) is 19.4 Å². The number of rotatable bonds is 1. The number of anilines is 1. The van der Waals surface area contributed by atoms with Gasteiger partial charge in [-0.25, -0.2) is 0 Å². The average Bonchev–Trinajstić information content (AvgIpc) is 2.44. The molecule has 82 valence electrons. The third-order valence-corrected chi connectivity index (χ3v) is 3.42. The quantitative estimate of drug-likeness (QED) is 0.778. The standard InChI is InChI=1S/C11H16BrN3/c1-14-5-2-6-15(8-7-14)11-3-4-13-9-10(11)12/h3-4,9H,2,5-8H2,1H3. The molecular formula is C11H16BrN3. The van der Waals surface area contributed by atoms with Crippen LogP contribution in [0.5, 0.6) is 0 Å². The molecule has 1 saturated heterocycles. The molecule has 0 radical (unpaired) electrons. The molecular weight excluding hydrogens is 254 g/mol. The molecule has 0 spiro atoms. The average molecular weight is 270 g/mol. The first-order valence-electron chi connectivity index (χ1n) is 5.30. The van der Waals surface area contributed by atoms with Crippen LogP contribution in [0.1, 0.15) is 6.42 Å². The predicted octanol–water partition coefficient (Wildman–Crippen LogP) is 1.99. The van der Waals surface area contributed by atoms with Crippen LogP contribution in [-0.2, 0) is 0 Å². The zero-order valence-corrected chi connectivity index (χ0v) is 10.6. The van der Waals surface area contributed by atoms with Crippen molar-refractivity contribution in [1.29, 1.82) is 0 Å². The number of aromatic nitrogens is 1. The van der Waals surface area contributed by atoms with Gasteiger partial charge < -0.3 is 9.80 Å². The van der Waals surface area contributed by atoms with Crippen LogP contribution in [0.2, 0.25) is 0 Å². The van der Waals surface area contributed by atoms with Gasteiger partial charge in [0, 0.05) is 32.0 Å². The van der Waals surface area contributed by atoms with Crippen LogP contribution in [0.15, 0.2) is 22.9 Å². The second-order valence-corrected chi connectivity index (χ2v) is 4.83. The van der Waals surface area contributed by atoms with Crippen LogP contribution in [0.3, 0.4) is 0 Å². The molecule has 1 aromatic heterocycles. The molecule has 0 aromatic carbocycles. The maximum Gasteiger partial charge on any atom is 0.0592 e. The maximum atomic E-state index is 4.09. The summed E-state index contributed by atoms with van der Waals surface area (Å²) in [5.74, 6) is 0. The molecule has 0 saturated carbocycles. The zero-order chi connectivity index (χ0) is 10.7. The van der Waals surface area contributed by atoms with E-state index in [-0.39, 0.29) is 0 Å². The molecule has 2 heterocycles. The van der Waals surface area contributed by atoms with Gasteiger partial charge in [0.15, 0.2) is 0 Å². The summed E-state index contributed by atoms with van der Waals surface area (Å²) >= 11 is 3.55. The molecule has 3 nitrogen and oxygen atoms in total. The Morgan fingerprint density at radius 2 is 2.13 bits per heavy atom. The van der Waals surface area contributed by atoms with Gasteiger partial charge >= 0.3 is 0 Å². The van der Waals surface area contributed by atoms with Gasteiger partial charge in [-0.3, -0.25) is 4.98 Å². The highest BCUT2D eigenvalue weighted by Gasteiger charge is 2.14. The molecule has 0 N–H and O–H groups in total. The fourth-order valence-electron chi connectivity index (χ4n) is 1.91. The first-order chi connectivity index (χ1) is 7.27. The Hall–Kier alpha value is -0.610. The Morgan fingerprint density at radius 3 is 2.93 bits per heavy atom. The van der Waals surface area contributed by atoms with Gasteiger partial charge in [0.2, 0.25) is 0 Å². The summed E-state index contributed by atoms with van der Waals surface area (Å²) in [4.78, 5) is 8.90. The van der Waals surface area contributed by atoms with E-state index in [9.17, 15) is 0 Å². The minimum atomic E-state index is 1.09. The molecule has 0 amide bonds. The van der Waals surface area contributed by atoms with E-state index in [0.29, 0.717) is 0 Å². The minimum absolute atomic E-state index is 1.09. The fraction of sp³-hybridized carbons (Fsp3) is 0.545. The molecule has 0 bridgehead atoms. The first-order valence-corrected chi connectivity index (χ1v) is 6.09. The van der Waals surface area contributed by atoms with Crippen LogP contribution >= 0.6 is 15.9 Å². The van der Waals surface area contributed by atoms with Gasteiger partial charge in [-0.15, -0.1) is 0 Å². The lowest BCUT2D eigenvalue weighted by atomic mass is 10.3. The maximum absolute atomic E-state index is 4.09. The summed E-state index contributed by atoms with van der Waals surface area (Å²) in [5.41, 5.74) is 1.26. The number of likely N-dealkylation sites (N-methyl/N-ethyl adjacent to an activating group) is 1. The van der Waals surface area contributed by atoms with Gasteiger partial charge in [0.1, 0.15) is 0 Å². The smallest absolute Gasteiger partial charge is 0.0592 e. The summed E-state index contributed by atoms with van der Waals surface area (Å²) < 4.78 is 1.09. The highest BCUT2D eigenvalue weighted by atomic mass is 79.9. The van der Waals surface area contributed by atoms with Crippen LogP contribution in [0.4, 0.5) is 5.69 Å². The molecule has 2 rings (SSSR count). The molecule has 1 aliphatic heterocycles. The molecule has 0 aliphatic carbocycles. The molecule has 0 atom stereocenters. The SMILES string of the molecule is CN1CCCN(c2ccncc2Br)CC1. The van der Waals surface area contributed by atoms with Crippen molar-refractivity contribution in [2.24, 2.45) is 0 Å². The van der Waals surface area contributed by atoms with Crippen molar-refractivity contribution in [3.05, 3.63) is 22.9 Å². The van der Waals surface area contributed by atoms with E-state index in [1.54, 1.807) is 0 Å². The monoisotopic (exact) mass is 269 g/mol. The Kier molecular flexibility index (Phi) is 3.59. The summed E-state index contributed by atoms with van der Waals surface area (Å²) in [6.45, 7) is 4.56. The Bertz CT molecular complexity index is 329. The Balaban J connectivity index is 2.13. The number of hydrogen-bond acceptors (Lipinski definition) is 3. The van der Waals surface area contributed by atoms with E-state index in [2.05, 4.69) is 43.8 Å². The Labute approximate surface area is 99.2 Å². The van der Waals surface area contributed by atoms with E-state index in [4.69, 9.17) is 0 Å². The molecule has 0 unspecified atom stereocenters. The number of halogens is 1. The zero-order valence-electron chi connectivity index (χ0n) is 8.99. The van der Waals surface area contributed by atoms with Crippen molar-refractivity contribution in [1.82, 2.24) is 9.88 Å². The van der Waals surface area contributed by atoms with Crippen molar-refractivity contribution >= 4 is 21.6 Å². The lowest BCUT2D eigenvalue weighted by molar-refractivity contribution is 0.360. The van der Waals surface area contributed by atoms with Gasteiger partial charge in [-0.1, -0.05) is 0 Å². The van der Waals surface area contributed by atoms with E-state index in [1.807, 2.05) is 12.4 Å². The highest BCUT2D eigenvalue weighted by molar-refractivity contribution is 9.10. The predicted molar refractivity (Wildman–Crippen MR) is 66.3 cm³/mol. The van der Waals surface area contributed by atoms with Crippen molar-refractivity contribution in [3.63, 3.8) is 0 Å². The molecule has 1 aliphatic rings. The van der Waals surface area contributed by atoms with Crippen molar-refractivity contribution in [3.8, 4) is 0 Å². The molecule has 15 heavy (non-hydrogen) atoms. The minimum Gasteiger partial charge on any atom is -0.369 e. The first kappa shape index (κ1) is 10.9. The summed E-state index contributed by atoms with van der Waals surface area (Å²) in [6, 6.07) is 2.08. The van der Waals surface area contributed by atoms with Crippen LogP contribution in [-0.4, -0.2) is 43.1 Å². The van der Waals surface area contributed by atoms with Crippen molar-refractivity contribution in [2.45, 2.75) is 6.42 Å². The number of pyridine rings is 1. The largest absolute Gasteiger partial charge is 0.369 e. The Morgan fingerprint density at radius 1 is 1.27 bits per heavy atom. The van der Waals surface area contributed by atoms with E-state index in [0.717, 1.165) is 24.1 Å². The molecule has 1 fully saturated rings. The molecule has 4 heteroatoms. The van der Waals surface area contributed by atoms with Crippen LogP contribution in [0.25, 0.3) is 0 Å². The third kappa shape index (κ3) is 2.69. The summed E-state index contributed by atoms with van der Waals surface area (Å²) in [5, 5.41) is 0. The normalized spacial score (nSPS) is 18.9. The van der Waals surface area contributed by atoms with Gasteiger partial charge in [0.25, 0.3) is 0 Å². The third-order valence-electron chi connectivity index (χ3n) is 2.81. The van der Waals surface area contributed by atoms with Crippen LogP contribution in [0, 0.1) is 0 Å². The second-order valence-electron chi connectivity index (χ2n) is 3.97. The van der Waals surface area contributed by atoms with E-state index >= 15 is 0 Å². The van der Waals surface area contributed by atoms with Crippen molar-refractivity contribution in [2.75, 3.05) is 38.1 Å². The fourth-order valence-corrected chi connectivity index (χ4v) is 2.41. The molecule has 1 aromatic rings. The van der Waals surface area contributed by atoms with E-state index < -0.39 is 0 Å². The van der Waals surface area contributed by atoms with Gasteiger partial charge in [-0.05, 0) is 42.0 Å².